The van der Waals surface area contributed by atoms with Crippen LogP contribution in [-0.2, 0) is 11.8 Å². The van der Waals surface area contributed by atoms with Crippen molar-refractivity contribution in [3.8, 4) is 0 Å². The average molecular weight is 376 g/mol. The van der Waals surface area contributed by atoms with Gasteiger partial charge in [0.05, 0.1) is 23.6 Å². The first-order valence-corrected chi connectivity index (χ1v) is 8.55. The fraction of sp³-hybridized carbons (Fsp3) is 0.471. The average Bonchev–Trinajstić information content (AvgIpc) is 3.33. The van der Waals surface area contributed by atoms with E-state index in [2.05, 4.69) is 15.1 Å². The van der Waals surface area contributed by atoms with Crippen LogP contribution in [0.15, 0.2) is 24.9 Å². The maximum absolute atomic E-state index is 13.2. The number of carbonyl (C=O) groups is 2. The summed E-state index contributed by atoms with van der Waals surface area (Å²) in [4.78, 5) is 36.3. The summed E-state index contributed by atoms with van der Waals surface area (Å²) >= 11 is 0. The molecule has 142 valence electrons. The third kappa shape index (κ3) is 3.04. The van der Waals surface area contributed by atoms with Crippen LogP contribution in [0, 0.1) is 5.41 Å². The summed E-state index contributed by atoms with van der Waals surface area (Å²) in [5.41, 5.74) is -0.344. The van der Waals surface area contributed by atoms with Gasteiger partial charge in [-0.3, -0.25) is 14.3 Å². The van der Waals surface area contributed by atoms with E-state index in [1.807, 2.05) is 0 Å². The number of rotatable bonds is 3. The molecular formula is C17H18F2N6O2. The summed E-state index contributed by atoms with van der Waals surface area (Å²) < 4.78 is 27.5. The smallest absolute Gasteiger partial charge is 0.282 e. The Morgan fingerprint density at radius 2 is 2.00 bits per heavy atom. The van der Waals surface area contributed by atoms with Crippen LogP contribution in [0.3, 0.4) is 0 Å². The molecule has 0 aliphatic carbocycles. The summed E-state index contributed by atoms with van der Waals surface area (Å²) in [7, 11) is 1.50. The molecule has 0 saturated carbocycles. The molecule has 4 heterocycles. The Morgan fingerprint density at radius 3 is 2.70 bits per heavy atom. The number of amides is 2. The standard InChI is InChI=1S/C17H18F2N6O2/c1-23-7-12(14(22-23)15(18)19)16(27)24-3-2-17(8-24)4-13(26)25(9-17)11-5-20-10-21-6-11/h5-7,10,15H,2-4,8-9H2,1H3/t17-/m0/s1. The number of nitrogens with zero attached hydrogens (tertiary/aromatic N) is 6. The van der Waals surface area contributed by atoms with Crippen LogP contribution in [0.25, 0.3) is 0 Å². The number of anilines is 1. The van der Waals surface area contributed by atoms with E-state index in [9.17, 15) is 18.4 Å². The summed E-state index contributed by atoms with van der Waals surface area (Å²) in [6, 6.07) is 0. The largest absolute Gasteiger partial charge is 0.338 e. The minimum atomic E-state index is -2.82. The molecule has 2 saturated heterocycles. The van der Waals surface area contributed by atoms with Gasteiger partial charge in [-0.2, -0.15) is 5.10 Å². The lowest BCUT2D eigenvalue weighted by atomic mass is 9.86. The van der Waals surface area contributed by atoms with Crippen molar-refractivity contribution >= 4 is 17.5 Å². The molecule has 0 N–H and O–H groups in total. The zero-order valence-corrected chi connectivity index (χ0v) is 14.7. The van der Waals surface area contributed by atoms with Gasteiger partial charge in [0.15, 0.2) is 0 Å². The van der Waals surface area contributed by atoms with Gasteiger partial charge in [0, 0.05) is 44.7 Å². The first-order valence-electron chi connectivity index (χ1n) is 8.55. The molecule has 10 heteroatoms. The van der Waals surface area contributed by atoms with E-state index in [4.69, 9.17) is 0 Å². The number of halogens is 2. The highest BCUT2D eigenvalue weighted by Gasteiger charge is 2.49. The van der Waals surface area contributed by atoms with Crippen molar-refractivity contribution in [2.75, 3.05) is 24.5 Å². The quantitative estimate of drug-likeness (QED) is 0.809. The highest BCUT2D eigenvalue weighted by molar-refractivity contribution is 5.97. The van der Waals surface area contributed by atoms with E-state index >= 15 is 0 Å². The molecule has 2 amide bonds. The van der Waals surface area contributed by atoms with Crippen LogP contribution in [0.1, 0.15) is 35.3 Å². The van der Waals surface area contributed by atoms with Gasteiger partial charge in [-0.05, 0) is 6.42 Å². The van der Waals surface area contributed by atoms with E-state index in [-0.39, 0.29) is 16.9 Å². The van der Waals surface area contributed by atoms with Gasteiger partial charge in [0.1, 0.15) is 12.0 Å². The van der Waals surface area contributed by atoms with E-state index < -0.39 is 18.0 Å². The SMILES string of the molecule is Cn1cc(C(=O)N2CC[C@]3(CC(=O)N(c4cncnc4)C3)C2)c(C(F)F)n1. The van der Waals surface area contributed by atoms with Gasteiger partial charge in [0.2, 0.25) is 5.91 Å². The van der Waals surface area contributed by atoms with Crippen molar-refractivity contribution in [3.05, 3.63) is 36.2 Å². The number of likely N-dealkylation sites (tertiary alicyclic amines) is 1. The van der Waals surface area contributed by atoms with Crippen LogP contribution in [0.2, 0.25) is 0 Å². The van der Waals surface area contributed by atoms with Crippen molar-refractivity contribution < 1.29 is 18.4 Å². The lowest BCUT2D eigenvalue weighted by Gasteiger charge is -2.24. The Morgan fingerprint density at radius 1 is 1.26 bits per heavy atom. The Balaban J connectivity index is 1.52. The second-order valence-electron chi connectivity index (χ2n) is 7.13. The van der Waals surface area contributed by atoms with Crippen LogP contribution in [0.4, 0.5) is 14.5 Å². The monoisotopic (exact) mass is 376 g/mol. The Hall–Kier alpha value is -2.91. The molecule has 1 spiro atoms. The van der Waals surface area contributed by atoms with Crippen LogP contribution < -0.4 is 4.90 Å². The summed E-state index contributed by atoms with van der Waals surface area (Å²) in [5.74, 6) is -0.516. The van der Waals surface area contributed by atoms with Gasteiger partial charge in [-0.25, -0.2) is 18.7 Å². The lowest BCUT2D eigenvalue weighted by Crippen LogP contribution is -2.34. The minimum Gasteiger partial charge on any atom is -0.338 e. The molecule has 1 atom stereocenters. The molecule has 2 aliphatic heterocycles. The molecule has 0 radical (unpaired) electrons. The third-order valence-electron chi connectivity index (χ3n) is 5.20. The maximum atomic E-state index is 13.2. The highest BCUT2D eigenvalue weighted by Crippen LogP contribution is 2.42. The molecular weight excluding hydrogens is 358 g/mol. The van der Waals surface area contributed by atoms with Crippen LogP contribution >= 0.6 is 0 Å². The van der Waals surface area contributed by atoms with Crippen LogP contribution in [-0.4, -0.2) is 56.1 Å². The summed E-state index contributed by atoms with van der Waals surface area (Å²) in [6.45, 7) is 1.22. The first-order chi connectivity index (χ1) is 12.9. The number of carbonyl (C=O) groups excluding carboxylic acids is 2. The highest BCUT2D eigenvalue weighted by atomic mass is 19.3. The molecule has 2 aromatic heterocycles. The second kappa shape index (κ2) is 6.36. The van der Waals surface area contributed by atoms with Gasteiger partial charge in [-0.15, -0.1) is 0 Å². The zero-order chi connectivity index (χ0) is 19.2. The fourth-order valence-electron chi connectivity index (χ4n) is 3.95. The summed E-state index contributed by atoms with van der Waals surface area (Å²) in [5, 5.41) is 3.70. The van der Waals surface area contributed by atoms with Crippen LogP contribution in [0.5, 0.6) is 0 Å². The van der Waals surface area contributed by atoms with Crippen molar-refractivity contribution in [3.63, 3.8) is 0 Å². The third-order valence-corrected chi connectivity index (χ3v) is 5.20. The molecule has 8 nitrogen and oxygen atoms in total. The Bertz CT molecular complexity index is 887. The van der Waals surface area contributed by atoms with E-state index in [0.29, 0.717) is 38.2 Å². The van der Waals surface area contributed by atoms with Crippen molar-refractivity contribution in [2.24, 2.45) is 12.5 Å². The number of hydrogen-bond donors (Lipinski definition) is 0. The molecule has 2 aliphatic rings. The van der Waals surface area contributed by atoms with E-state index in [0.717, 1.165) is 0 Å². The maximum Gasteiger partial charge on any atom is 0.282 e. The van der Waals surface area contributed by atoms with Crippen molar-refractivity contribution in [1.29, 1.82) is 0 Å². The predicted octanol–water partition coefficient (Wildman–Crippen LogP) is 1.42. The first kappa shape index (κ1) is 17.5. The normalized spacial score (nSPS) is 22.4. The van der Waals surface area contributed by atoms with Gasteiger partial charge in [-0.1, -0.05) is 0 Å². The predicted molar refractivity (Wildman–Crippen MR) is 90.1 cm³/mol. The lowest BCUT2D eigenvalue weighted by molar-refractivity contribution is -0.117. The van der Waals surface area contributed by atoms with E-state index in [1.54, 1.807) is 22.2 Å². The Kier molecular flexibility index (Phi) is 4.12. The number of aryl methyl sites for hydroxylation is 1. The van der Waals surface area contributed by atoms with Crippen molar-refractivity contribution in [2.45, 2.75) is 19.3 Å². The number of aromatic nitrogens is 4. The molecule has 2 aromatic rings. The minimum absolute atomic E-state index is 0.0475. The topological polar surface area (TPSA) is 84.2 Å². The molecule has 27 heavy (non-hydrogen) atoms. The molecule has 2 fully saturated rings. The number of hydrogen-bond acceptors (Lipinski definition) is 5. The van der Waals surface area contributed by atoms with Gasteiger partial charge < -0.3 is 9.80 Å². The summed E-state index contributed by atoms with van der Waals surface area (Å²) in [6.07, 6.45) is 3.99. The van der Waals surface area contributed by atoms with Gasteiger partial charge >= 0.3 is 0 Å². The number of alkyl halides is 2. The Labute approximate surface area is 153 Å². The second-order valence-corrected chi connectivity index (χ2v) is 7.13. The van der Waals surface area contributed by atoms with Crippen molar-refractivity contribution in [1.82, 2.24) is 24.6 Å². The molecule has 0 unspecified atom stereocenters. The van der Waals surface area contributed by atoms with Gasteiger partial charge in [0.25, 0.3) is 12.3 Å². The molecule has 0 aromatic carbocycles. The van der Waals surface area contributed by atoms with E-state index in [1.165, 1.54) is 24.3 Å². The molecule has 0 bridgehead atoms. The zero-order valence-electron chi connectivity index (χ0n) is 14.7. The fourth-order valence-corrected chi connectivity index (χ4v) is 3.95. The molecule has 4 rings (SSSR count).